The lowest BCUT2D eigenvalue weighted by Crippen LogP contribution is -2.23. The number of pyridine rings is 1. The summed E-state index contributed by atoms with van der Waals surface area (Å²) in [5.74, 6) is 0.491. The van der Waals surface area contributed by atoms with E-state index in [0.29, 0.717) is 5.92 Å². The van der Waals surface area contributed by atoms with Crippen molar-refractivity contribution in [1.29, 1.82) is 0 Å². The van der Waals surface area contributed by atoms with Gasteiger partial charge in [0, 0.05) is 6.20 Å². The average Bonchev–Trinajstić information content (AvgIpc) is 2.12. The molecule has 0 atom stereocenters. The first-order valence-electron chi connectivity index (χ1n) is 5.03. The molecule has 0 radical (unpaired) electrons. The fourth-order valence-corrected chi connectivity index (χ4v) is 3.47. The van der Waals surface area contributed by atoms with Gasteiger partial charge in [-0.25, -0.2) is 13.4 Å². The molecular formula is C10H14N2O2S. The fraction of sp³-hybridized carbons (Fsp3) is 0.500. The van der Waals surface area contributed by atoms with Gasteiger partial charge in [0.15, 0.2) is 14.9 Å². The van der Waals surface area contributed by atoms with Crippen LogP contribution in [0.15, 0.2) is 23.4 Å². The molecule has 2 N–H and O–H groups in total. The van der Waals surface area contributed by atoms with Gasteiger partial charge in [0.25, 0.3) is 0 Å². The molecule has 0 saturated heterocycles. The summed E-state index contributed by atoms with van der Waals surface area (Å²) in [5.41, 5.74) is 5.85. The third kappa shape index (κ3) is 2.12. The van der Waals surface area contributed by atoms with E-state index < -0.39 is 9.84 Å². The Kier molecular flexibility index (Phi) is 2.65. The monoisotopic (exact) mass is 226 g/mol. The van der Waals surface area contributed by atoms with Crippen LogP contribution in [0.1, 0.15) is 19.3 Å². The second-order valence-corrected chi connectivity index (χ2v) is 5.93. The maximum atomic E-state index is 11.9. The first-order chi connectivity index (χ1) is 7.09. The second-order valence-electron chi connectivity index (χ2n) is 3.98. The van der Waals surface area contributed by atoms with Crippen LogP contribution in [0.2, 0.25) is 0 Å². The number of hydrogen-bond acceptors (Lipinski definition) is 4. The third-order valence-corrected chi connectivity index (χ3v) is 4.62. The number of nitrogens with zero attached hydrogens (tertiary/aromatic N) is 1. The van der Waals surface area contributed by atoms with E-state index in [4.69, 9.17) is 5.73 Å². The maximum absolute atomic E-state index is 11.9. The van der Waals surface area contributed by atoms with Crippen LogP contribution in [-0.4, -0.2) is 19.2 Å². The minimum Gasteiger partial charge on any atom is -0.396 e. The summed E-state index contributed by atoms with van der Waals surface area (Å²) in [7, 11) is -3.29. The highest BCUT2D eigenvalue weighted by atomic mass is 32.2. The van der Waals surface area contributed by atoms with E-state index in [9.17, 15) is 8.42 Å². The lowest BCUT2D eigenvalue weighted by Gasteiger charge is -2.24. The summed E-state index contributed by atoms with van der Waals surface area (Å²) in [6.07, 6.45) is 4.61. The highest BCUT2D eigenvalue weighted by molar-refractivity contribution is 7.91. The van der Waals surface area contributed by atoms with Crippen LogP contribution in [0, 0.1) is 5.92 Å². The van der Waals surface area contributed by atoms with Crippen molar-refractivity contribution in [3.8, 4) is 0 Å². The lowest BCUT2D eigenvalue weighted by molar-refractivity contribution is 0.347. The Morgan fingerprint density at radius 2 is 2.20 bits per heavy atom. The van der Waals surface area contributed by atoms with Crippen LogP contribution in [-0.2, 0) is 9.84 Å². The Bertz CT molecular complexity index is 452. The molecule has 0 aliphatic heterocycles. The lowest BCUT2D eigenvalue weighted by atomic mass is 9.87. The molecule has 0 amide bonds. The topological polar surface area (TPSA) is 73.0 Å². The molecule has 0 aromatic carbocycles. The van der Waals surface area contributed by atoms with E-state index in [1.807, 2.05) is 0 Å². The number of nitrogens with two attached hydrogens (primary N) is 1. The molecule has 82 valence electrons. The van der Waals surface area contributed by atoms with E-state index in [1.54, 1.807) is 12.1 Å². The van der Waals surface area contributed by atoms with Crippen LogP contribution in [0.5, 0.6) is 0 Å². The number of aromatic nitrogens is 1. The number of hydrogen-bond donors (Lipinski definition) is 1. The molecule has 0 spiro atoms. The molecule has 1 saturated carbocycles. The number of sulfone groups is 1. The Labute approximate surface area is 89.4 Å². The second kappa shape index (κ2) is 3.81. The van der Waals surface area contributed by atoms with Gasteiger partial charge in [0.1, 0.15) is 0 Å². The van der Waals surface area contributed by atoms with E-state index >= 15 is 0 Å². The van der Waals surface area contributed by atoms with Crippen LogP contribution in [0.3, 0.4) is 0 Å². The van der Waals surface area contributed by atoms with Gasteiger partial charge in [0.05, 0.1) is 11.4 Å². The Balaban J connectivity index is 2.24. The third-order valence-electron chi connectivity index (χ3n) is 2.78. The van der Waals surface area contributed by atoms with Crippen LogP contribution in [0.25, 0.3) is 0 Å². The Morgan fingerprint density at radius 1 is 1.47 bits per heavy atom. The van der Waals surface area contributed by atoms with E-state index in [-0.39, 0.29) is 16.5 Å². The molecule has 1 aliphatic carbocycles. The normalized spacial score (nSPS) is 17.3. The molecule has 4 nitrogen and oxygen atoms in total. The van der Waals surface area contributed by atoms with Crippen LogP contribution < -0.4 is 5.73 Å². The van der Waals surface area contributed by atoms with Crippen molar-refractivity contribution < 1.29 is 8.42 Å². The van der Waals surface area contributed by atoms with Gasteiger partial charge in [-0.2, -0.15) is 0 Å². The summed E-state index contributed by atoms with van der Waals surface area (Å²) in [6, 6.07) is 3.21. The van der Waals surface area contributed by atoms with Gasteiger partial charge in [-0.15, -0.1) is 0 Å². The quantitative estimate of drug-likeness (QED) is 0.841. The Morgan fingerprint density at radius 3 is 2.73 bits per heavy atom. The number of anilines is 1. The van der Waals surface area contributed by atoms with Crippen molar-refractivity contribution in [3.05, 3.63) is 18.3 Å². The van der Waals surface area contributed by atoms with E-state index in [1.165, 1.54) is 6.20 Å². The van der Waals surface area contributed by atoms with Gasteiger partial charge < -0.3 is 5.73 Å². The molecule has 1 aliphatic rings. The summed E-state index contributed by atoms with van der Waals surface area (Å²) in [4.78, 5) is 3.85. The summed E-state index contributed by atoms with van der Waals surface area (Å²) in [5, 5.41) is 0.0388. The highest BCUT2D eigenvalue weighted by Gasteiger charge is 2.27. The first-order valence-corrected chi connectivity index (χ1v) is 6.68. The molecule has 0 bridgehead atoms. The van der Waals surface area contributed by atoms with Crippen molar-refractivity contribution in [2.24, 2.45) is 5.92 Å². The fourth-order valence-electron chi connectivity index (χ4n) is 1.71. The molecular weight excluding hydrogens is 212 g/mol. The van der Waals surface area contributed by atoms with Crippen molar-refractivity contribution in [1.82, 2.24) is 4.98 Å². The van der Waals surface area contributed by atoms with Crippen LogP contribution in [0.4, 0.5) is 5.69 Å². The van der Waals surface area contributed by atoms with E-state index in [2.05, 4.69) is 4.98 Å². The first kappa shape index (κ1) is 10.4. The van der Waals surface area contributed by atoms with Gasteiger partial charge in [-0.05, 0) is 30.9 Å². The van der Waals surface area contributed by atoms with E-state index in [0.717, 1.165) is 19.3 Å². The summed E-state index contributed by atoms with van der Waals surface area (Å²) >= 11 is 0. The average molecular weight is 226 g/mol. The standard InChI is InChI=1S/C10H14N2O2S/c11-9-5-2-6-12-10(9)15(13,14)7-8-3-1-4-8/h2,5-6,8H,1,3-4,7,11H2. The molecule has 0 unspecified atom stereocenters. The van der Waals surface area contributed by atoms with Crippen LogP contribution >= 0.6 is 0 Å². The molecule has 1 fully saturated rings. The zero-order valence-electron chi connectivity index (χ0n) is 8.39. The molecule has 1 aromatic heterocycles. The van der Waals surface area contributed by atoms with Crippen molar-refractivity contribution in [3.63, 3.8) is 0 Å². The minimum absolute atomic E-state index is 0.0388. The van der Waals surface area contributed by atoms with Gasteiger partial charge in [-0.3, -0.25) is 0 Å². The predicted octanol–water partition coefficient (Wildman–Crippen LogP) is 1.24. The number of rotatable bonds is 3. The summed E-state index contributed by atoms with van der Waals surface area (Å²) < 4.78 is 23.8. The zero-order valence-corrected chi connectivity index (χ0v) is 9.20. The zero-order chi connectivity index (χ0) is 10.9. The van der Waals surface area contributed by atoms with Crippen molar-refractivity contribution in [2.75, 3.05) is 11.5 Å². The maximum Gasteiger partial charge on any atom is 0.197 e. The summed E-state index contributed by atoms with van der Waals surface area (Å²) in [6.45, 7) is 0. The van der Waals surface area contributed by atoms with Gasteiger partial charge in [0.2, 0.25) is 0 Å². The smallest absolute Gasteiger partial charge is 0.197 e. The Hall–Kier alpha value is -1.10. The molecule has 15 heavy (non-hydrogen) atoms. The van der Waals surface area contributed by atoms with Gasteiger partial charge >= 0.3 is 0 Å². The molecule has 2 rings (SSSR count). The van der Waals surface area contributed by atoms with Crippen molar-refractivity contribution >= 4 is 15.5 Å². The molecule has 1 aromatic rings. The highest BCUT2D eigenvalue weighted by Crippen LogP contribution is 2.30. The predicted molar refractivity (Wildman–Crippen MR) is 58.0 cm³/mol. The molecule has 1 heterocycles. The molecule has 5 heteroatoms. The number of nitrogen functional groups attached to an aromatic ring is 1. The SMILES string of the molecule is Nc1cccnc1S(=O)(=O)CC1CCC1. The van der Waals surface area contributed by atoms with Gasteiger partial charge in [-0.1, -0.05) is 6.42 Å². The minimum atomic E-state index is -3.29. The van der Waals surface area contributed by atoms with Crippen molar-refractivity contribution in [2.45, 2.75) is 24.3 Å². The largest absolute Gasteiger partial charge is 0.396 e.